The number of cyclic esters (lactones) is 1. The van der Waals surface area contributed by atoms with Gasteiger partial charge in [0.25, 0.3) is 0 Å². The number of ether oxygens (including phenoxy) is 1. The number of esters is 1. The average Bonchev–Trinajstić information content (AvgIpc) is 3.42. The molecular formula is C26H29Cl2FN2O2. The van der Waals surface area contributed by atoms with Gasteiger partial charge in [0.2, 0.25) is 0 Å². The molecule has 0 radical (unpaired) electrons. The lowest BCUT2D eigenvalue weighted by molar-refractivity contribution is -0.152. The van der Waals surface area contributed by atoms with E-state index in [-0.39, 0.29) is 17.0 Å². The summed E-state index contributed by atoms with van der Waals surface area (Å²) in [6.45, 7) is 3.79. The first-order valence-electron chi connectivity index (χ1n) is 11.6. The first kappa shape index (κ1) is 23.1. The van der Waals surface area contributed by atoms with Gasteiger partial charge in [-0.15, -0.1) is 0 Å². The summed E-state index contributed by atoms with van der Waals surface area (Å²) in [5, 5.41) is 0.612. The van der Waals surface area contributed by atoms with E-state index >= 15 is 4.39 Å². The monoisotopic (exact) mass is 490 g/mol. The number of benzene rings is 2. The lowest BCUT2D eigenvalue weighted by Gasteiger charge is -2.43. The number of hydrogen-bond acceptors (Lipinski definition) is 4. The minimum Gasteiger partial charge on any atom is -0.443 e. The van der Waals surface area contributed by atoms with Crippen molar-refractivity contribution in [1.82, 2.24) is 4.90 Å². The number of nitrogens with two attached hydrogens (primary N) is 1. The standard InChI is InChI=1S/C26H29Cl2FN2O2/c1-25(2)31-20(14-15-6-3-4-7-15)26(30,16-10-12-17(27)13-11-16)21(23(31)24(32)33-25)18-8-5-9-19(28)22(18)29/h5,8-13,15,20-21,23H,3-4,6-7,14,30H2,1-2H3/t20?,21-,23+,26+/m0/s1. The van der Waals surface area contributed by atoms with Gasteiger partial charge in [-0.3, -0.25) is 4.79 Å². The molecule has 2 heterocycles. The molecule has 0 amide bonds. The largest absolute Gasteiger partial charge is 0.443 e. The summed E-state index contributed by atoms with van der Waals surface area (Å²) < 4.78 is 21.3. The van der Waals surface area contributed by atoms with Crippen LogP contribution in [-0.2, 0) is 15.1 Å². The summed E-state index contributed by atoms with van der Waals surface area (Å²) in [4.78, 5) is 15.4. The zero-order chi connectivity index (χ0) is 23.5. The van der Waals surface area contributed by atoms with E-state index in [4.69, 9.17) is 33.7 Å². The van der Waals surface area contributed by atoms with E-state index < -0.39 is 29.0 Å². The molecule has 0 bridgehead atoms. The molecule has 1 aliphatic carbocycles. The number of carbonyl (C=O) groups excluding carboxylic acids is 1. The van der Waals surface area contributed by atoms with Crippen LogP contribution >= 0.6 is 23.2 Å². The molecule has 2 aliphatic heterocycles. The Morgan fingerprint density at radius 2 is 1.79 bits per heavy atom. The van der Waals surface area contributed by atoms with Crippen molar-refractivity contribution >= 4 is 29.2 Å². The minimum atomic E-state index is -1.04. The Balaban J connectivity index is 1.74. The molecule has 176 valence electrons. The highest BCUT2D eigenvalue weighted by Crippen LogP contribution is 2.57. The first-order chi connectivity index (χ1) is 15.6. The van der Waals surface area contributed by atoms with E-state index in [9.17, 15) is 4.79 Å². The van der Waals surface area contributed by atoms with Crippen LogP contribution in [0.3, 0.4) is 0 Å². The molecule has 4 atom stereocenters. The lowest BCUT2D eigenvalue weighted by atomic mass is 9.69. The highest BCUT2D eigenvalue weighted by molar-refractivity contribution is 6.31. The summed E-state index contributed by atoms with van der Waals surface area (Å²) in [6.07, 6.45) is 5.48. The second-order valence-electron chi connectivity index (χ2n) is 10.2. The Bertz CT molecular complexity index is 1070. The maximum absolute atomic E-state index is 15.5. The Morgan fingerprint density at radius 1 is 1.12 bits per heavy atom. The zero-order valence-corrected chi connectivity index (χ0v) is 20.4. The van der Waals surface area contributed by atoms with Gasteiger partial charge < -0.3 is 10.5 Å². The van der Waals surface area contributed by atoms with E-state index in [0.717, 1.165) is 24.8 Å². The molecule has 2 aromatic carbocycles. The highest BCUT2D eigenvalue weighted by atomic mass is 35.5. The fourth-order valence-corrected chi connectivity index (χ4v) is 6.85. The van der Waals surface area contributed by atoms with E-state index in [2.05, 4.69) is 4.90 Å². The molecule has 1 unspecified atom stereocenters. The van der Waals surface area contributed by atoms with Gasteiger partial charge in [0, 0.05) is 17.0 Å². The SMILES string of the molecule is CC1(C)OC(=O)[C@H]2[C@H](c3cccc(Cl)c3F)[C@@](N)(c3ccc(Cl)cc3)C(CC3CCCC3)N21. The molecule has 33 heavy (non-hydrogen) atoms. The molecule has 2 saturated heterocycles. The Kier molecular flexibility index (Phi) is 5.76. The molecule has 0 spiro atoms. The van der Waals surface area contributed by atoms with Crippen LogP contribution in [0.4, 0.5) is 4.39 Å². The summed E-state index contributed by atoms with van der Waals surface area (Å²) in [5.74, 6) is -1.08. The molecule has 3 aliphatic rings. The molecule has 4 nitrogen and oxygen atoms in total. The van der Waals surface area contributed by atoms with Crippen molar-refractivity contribution in [3.63, 3.8) is 0 Å². The van der Waals surface area contributed by atoms with Gasteiger partial charge in [-0.2, -0.15) is 0 Å². The van der Waals surface area contributed by atoms with Gasteiger partial charge in [-0.25, -0.2) is 9.29 Å². The third kappa shape index (κ3) is 3.59. The summed E-state index contributed by atoms with van der Waals surface area (Å²) in [5.41, 5.74) is 6.70. The quantitative estimate of drug-likeness (QED) is 0.534. The van der Waals surface area contributed by atoms with Crippen LogP contribution in [0.15, 0.2) is 42.5 Å². The van der Waals surface area contributed by atoms with Crippen molar-refractivity contribution in [2.45, 2.75) is 75.2 Å². The van der Waals surface area contributed by atoms with Gasteiger partial charge in [-0.1, -0.05) is 73.2 Å². The Labute approximate surface area is 204 Å². The van der Waals surface area contributed by atoms with Crippen molar-refractivity contribution in [3.8, 4) is 0 Å². The smallest absolute Gasteiger partial charge is 0.325 e. The topological polar surface area (TPSA) is 55.6 Å². The van der Waals surface area contributed by atoms with E-state index in [1.54, 1.807) is 24.3 Å². The number of hydrogen-bond donors (Lipinski definition) is 1. The van der Waals surface area contributed by atoms with Gasteiger partial charge in [-0.05, 0) is 55.5 Å². The van der Waals surface area contributed by atoms with Crippen LogP contribution in [0, 0.1) is 11.7 Å². The van der Waals surface area contributed by atoms with Crippen LogP contribution in [0.5, 0.6) is 0 Å². The highest BCUT2D eigenvalue weighted by Gasteiger charge is 2.68. The number of fused-ring (bicyclic) bond motifs is 1. The average molecular weight is 491 g/mol. The second kappa shape index (κ2) is 8.23. The summed E-state index contributed by atoms with van der Waals surface area (Å²) in [7, 11) is 0. The van der Waals surface area contributed by atoms with Gasteiger partial charge >= 0.3 is 5.97 Å². The minimum absolute atomic E-state index is 0.0161. The fraction of sp³-hybridized carbons (Fsp3) is 0.500. The van der Waals surface area contributed by atoms with Crippen LogP contribution in [0.1, 0.15) is 63.0 Å². The van der Waals surface area contributed by atoms with Crippen molar-refractivity contribution in [2.75, 3.05) is 0 Å². The molecule has 2 aromatic rings. The maximum Gasteiger partial charge on any atom is 0.325 e. The summed E-state index contributed by atoms with van der Waals surface area (Å²) >= 11 is 12.4. The van der Waals surface area contributed by atoms with Crippen molar-refractivity contribution in [2.24, 2.45) is 11.7 Å². The first-order valence-corrected chi connectivity index (χ1v) is 12.4. The van der Waals surface area contributed by atoms with Crippen LogP contribution in [-0.4, -0.2) is 28.7 Å². The number of rotatable bonds is 4. The molecule has 7 heteroatoms. The van der Waals surface area contributed by atoms with Gasteiger partial charge in [0.15, 0.2) is 5.72 Å². The second-order valence-corrected chi connectivity index (χ2v) is 11.0. The van der Waals surface area contributed by atoms with E-state index in [0.29, 0.717) is 16.5 Å². The van der Waals surface area contributed by atoms with Crippen LogP contribution in [0.2, 0.25) is 10.0 Å². The lowest BCUT2D eigenvalue weighted by Crippen LogP contribution is -2.56. The van der Waals surface area contributed by atoms with Crippen LogP contribution in [0.25, 0.3) is 0 Å². The maximum atomic E-state index is 15.5. The molecule has 0 aromatic heterocycles. The third-order valence-electron chi connectivity index (χ3n) is 7.92. The van der Waals surface area contributed by atoms with E-state index in [1.165, 1.54) is 18.9 Å². The van der Waals surface area contributed by atoms with E-state index in [1.807, 2.05) is 26.0 Å². The fourth-order valence-electron chi connectivity index (χ4n) is 6.54. The predicted octanol–water partition coefficient (Wildman–Crippen LogP) is 6.00. The van der Waals surface area contributed by atoms with Crippen molar-refractivity contribution < 1.29 is 13.9 Å². The Hall–Kier alpha value is -1.66. The number of nitrogens with zero attached hydrogens (tertiary/aromatic N) is 1. The summed E-state index contributed by atoms with van der Waals surface area (Å²) in [6, 6.07) is 11.4. The number of halogens is 3. The van der Waals surface area contributed by atoms with Crippen molar-refractivity contribution in [1.29, 1.82) is 0 Å². The van der Waals surface area contributed by atoms with Gasteiger partial charge in [0.1, 0.15) is 11.9 Å². The molecule has 3 fully saturated rings. The predicted molar refractivity (Wildman–Crippen MR) is 128 cm³/mol. The third-order valence-corrected chi connectivity index (χ3v) is 8.47. The normalized spacial score (nSPS) is 31.7. The van der Waals surface area contributed by atoms with Crippen LogP contribution < -0.4 is 5.73 Å². The molecule has 1 saturated carbocycles. The van der Waals surface area contributed by atoms with Gasteiger partial charge in [0.05, 0.1) is 10.6 Å². The number of carbonyl (C=O) groups is 1. The van der Waals surface area contributed by atoms with Crippen molar-refractivity contribution in [3.05, 3.63) is 69.5 Å². The molecule has 2 N–H and O–H groups in total. The Morgan fingerprint density at radius 3 is 2.45 bits per heavy atom. The molecule has 5 rings (SSSR count). The zero-order valence-electron chi connectivity index (χ0n) is 18.9. The molecular weight excluding hydrogens is 462 g/mol.